The highest BCUT2D eigenvalue weighted by atomic mass is 32.2. The second-order valence-corrected chi connectivity index (χ2v) is 8.49. The molecule has 24 heavy (non-hydrogen) atoms. The van der Waals surface area contributed by atoms with Gasteiger partial charge in [-0.15, -0.1) is 0 Å². The zero-order valence-corrected chi connectivity index (χ0v) is 14.9. The zero-order chi connectivity index (χ0) is 17.3. The number of benzene rings is 1. The predicted molar refractivity (Wildman–Crippen MR) is 94.1 cm³/mol. The van der Waals surface area contributed by atoms with Gasteiger partial charge in [0.05, 0.1) is 12.2 Å². The highest BCUT2D eigenvalue weighted by Crippen LogP contribution is 2.23. The molecule has 1 amide bonds. The van der Waals surface area contributed by atoms with Crippen molar-refractivity contribution >= 4 is 26.8 Å². The van der Waals surface area contributed by atoms with Crippen LogP contribution in [0.5, 0.6) is 0 Å². The van der Waals surface area contributed by atoms with Crippen LogP contribution in [0.4, 0.5) is 0 Å². The lowest BCUT2D eigenvalue weighted by Gasteiger charge is -2.15. The van der Waals surface area contributed by atoms with Crippen molar-refractivity contribution in [3.8, 4) is 0 Å². The lowest BCUT2D eigenvalue weighted by atomic mass is 10.1. The third-order valence-electron chi connectivity index (χ3n) is 4.48. The molecule has 6 nitrogen and oxygen atoms in total. The predicted octanol–water partition coefficient (Wildman–Crippen LogP) is 1.72. The Morgan fingerprint density at radius 2 is 1.96 bits per heavy atom. The van der Waals surface area contributed by atoms with E-state index in [0.29, 0.717) is 19.5 Å². The van der Waals surface area contributed by atoms with Crippen molar-refractivity contribution in [3.05, 3.63) is 35.5 Å². The summed E-state index contributed by atoms with van der Waals surface area (Å²) in [6.45, 7) is 1.24. The third kappa shape index (κ3) is 3.47. The number of nitrogens with one attached hydrogen (secondary N) is 1. The number of amides is 1. The monoisotopic (exact) mass is 349 g/mol. The fourth-order valence-electron chi connectivity index (χ4n) is 3.05. The van der Waals surface area contributed by atoms with Crippen LogP contribution in [0.2, 0.25) is 0 Å². The Morgan fingerprint density at radius 1 is 1.25 bits per heavy atom. The van der Waals surface area contributed by atoms with Crippen LogP contribution in [0.3, 0.4) is 0 Å². The van der Waals surface area contributed by atoms with E-state index in [1.165, 1.54) is 0 Å². The van der Waals surface area contributed by atoms with E-state index in [9.17, 15) is 13.2 Å². The van der Waals surface area contributed by atoms with E-state index in [-0.39, 0.29) is 11.7 Å². The second kappa shape index (κ2) is 6.57. The van der Waals surface area contributed by atoms with Crippen LogP contribution in [-0.2, 0) is 27.0 Å². The topological polar surface area (TPSA) is 73.5 Å². The van der Waals surface area contributed by atoms with E-state index >= 15 is 0 Å². The average molecular weight is 349 g/mol. The number of hydrogen-bond acceptors (Lipinski definition) is 3. The number of carbonyl (C=O) groups is 1. The number of carbonyl (C=O) groups excluding carboxylic acids is 1. The van der Waals surface area contributed by atoms with Crippen molar-refractivity contribution in [3.63, 3.8) is 0 Å². The molecule has 1 aliphatic heterocycles. The van der Waals surface area contributed by atoms with Gasteiger partial charge in [0.1, 0.15) is 0 Å². The van der Waals surface area contributed by atoms with Crippen molar-refractivity contribution in [2.24, 2.45) is 0 Å². The minimum Gasteiger partial charge on any atom is -0.361 e. The number of sulfonamides is 1. The van der Waals surface area contributed by atoms with Crippen molar-refractivity contribution in [1.29, 1.82) is 0 Å². The van der Waals surface area contributed by atoms with Gasteiger partial charge in [-0.2, -0.15) is 0 Å². The third-order valence-corrected chi connectivity index (χ3v) is 6.33. The Hall–Kier alpha value is -1.86. The summed E-state index contributed by atoms with van der Waals surface area (Å²) in [6.07, 6.45) is 4.00. The molecule has 2 aromatic rings. The molecule has 0 aliphatic carbocycles. The summed E-state index contributed by atoms with van der Waals surface area (Å²) in [6, 6.07) is 5.61. The van der Waals surface area contributed by atoms with E-state index in [2.05, 4.69) is 4.98 Å². The summed E-state index contributed by atoms with van der Waals surface area (Å²) in [5, 5.41) is 0.916. The van der Waals surface area contributed by atoms with Crippen molar-refractivity contribution in [1.82, 2.24) is 14.2 Å². The molecular formula is C17H23N3O3S. The number of fused-ring (bicyclic) bond motifs is 1. The first-order chi connectivity index (χ1) is 11.4. The second-order valence-electron chi connectivity index (χ2n) is 6.52. The first-order valence-electron chi connectivity index (χ1n) is 8.14. The van der Waals surface area contributed by atoms with Gasteiger partial charge >= 0.3 is 0 Å². The lowest BCUT2D eigenvalue weighted by molar-refractivity contribution is -0.127. The summed E-state index contributed by atoms with van der Waals surface area (Å²) in [7, 11) is 0.189. The fourth-order valence-corrected chi connectivity index (χ4v) is 4.65. The normalized spacial score (nSPS) is 15.9. The Kier molecular flexibility index (Phi) is 4.64. The van der Waals surface area contributed by atoms with Gasteiger partial charge in [-0.25, -0.2) is 12.7 Å². The van der Waals surface area contributed by atoms with Gasteiger partial charge in [0.2, 0.25) is 15.9 Å². The number of likely N-dealkylation sites (N-methyl/N-ethyl adjacent to an activating group) is 1. The Labute approximate surface area is 142 Å². The number of aromatic amines is 1. The molecule has 0 radical (unpaired) electrons. The van der Waals surface area contributed by atoms with Crippen LogP contribution < -0.4 is 0 Å². The molecule has 0 atom stereocenters. The van der Waals surface area contributed by atoms with E-state index < -0.39 is 10.0 Å². The molecule has 1 saturated heterocycles. The minimum absolute atomic E-state index is 0.00911. The zero-order valence-electron chi connectivity index (χ0n) is 14.1. The summed E-state index contributed by atoms with van der Waals surface area (Å²) in [4.78, 5) is 16.7. The highest BCUT2D eigenvalue weighted by molar-refractivity contribution is 7.88. The molecule has 3 rings (SSSR count). The van der Waals surface area contributed by atoms with Crippen LogP contribution in [0.25, 0.3) is 10.9 Å². The smallest absolute Gasteiger partial charge is 0.226 e. The van der Waals surface area contributed by atoms with Gasteiger partial charge in [0.25, 0.3) is 0 Å². The molecule has 0 bridgehead atoms. The first kappa shape index (κ1) is 17.0. The standard InChI is InChI=1S/C17H23N3O3S/c1-19(2)17(21)10-14-11-18-16-6-5-13(9-15(14)16)12-24(22,23)20-7-3-4-8-20/h5-6,9,11,18H,3-4,7-8,10,12H2,1-2H3. The highest BCUT2D eigenvalue weighted by Gasteiger charge is 2.25. The fraction of sp³-hybridized carbons (Fsp3) is 0.471. The molecule has 2 heterocycles. The van der Waals surface area contributed by atoms with Gasteiger partial charge in [0.15, 0.2) is 0 Å². The summed E-state index contributed by atoms with van der Waals surface area (Å²) in [5.74, 6) is 0.0286. The van der Waals surface area contributed by atoms with Crippen LogP contribution in [0.15, 0.2) is 24.4 Å². The summed E-state index contributed by atoms with van der Waals surface area (Å²) >= 11 is 0. The van der Waals surface area contributed by atoms with Gasteiger partial charge in [-0.05, 0) is 36.1 Å². The number of hydrogen-bond donors (Lipinski definition) is 1. The minimum atomic E-state index is -3.27. The van der Waals surface area contributed by atoms with Gasteiger partial charge in [0, 0.05) is 44.3 Å². The first-order valence-corrected chi connectivity index (χ1v) is 9.74. The Bertz CT molecular complexity index is 849. The largest absolute Gasteiger partial charge is 0.361 e. The molecule has 1 aliphatic rings. The SMILES string of the molecule is CN(C)C(=O)Cc1c[nH]c2ccc(CS(=O)(=O)N3CCCC3)cc12. The molecule has 1 aromatic carbocycles. The number of aromatic nitrogens is 1. The maximum absolute atomic E-state index is 12.5. The molecule has 0 spiro atoms. The van der Waals surface area contributed by atoms with Crippen molar-refractivity contribution in [2.45, 2.75) is 25.0 Å². The summed E-state index contributed by atoms with van der Waals surface area (Å²) < 4.78 is 26.5. The van der Waals surface area contributed by atoms with Crippen LogP contribution >= 0.6 is 0 Å². The number of rotatable bonds is 5. The molecule has 0 unspecified atom stereocenters. The molecule has 130 valence electrons. The quantitative estimate of drug-likeness (QED) is 0.893. The molecule has 1 N–H and O–H groups in total. The Morgan fingerprint density at radius 3 is 2.62 bits per heavy atom. The lowest BCUT2D eigenvalue weighted by Crippen LogP contribution is -2.29. The van der Waals surface area contributed by atoms with Crippen molar-refractivity contribution < 1.29 is 13.2 Å². The van der Waals surface area contributed by atoms with Gasteiger partial charge < -0.3 is 9.88 Å². The van der Waals surface area contributed by atoms with Gasteiger partial charge in [-0.1, -0.05) is 6.07 Å². The maximum Gasteiger partial charge on any atom is 0.226 e. The number of nitrogens with zero attached hydrogens (tertiary/aromatic N) is 2. The van der Waals surface area contributed by atoms with E-state index in [0.717, 1.165) is 34.9 Å². The maximum atomic E-state index is 12.5. The van der Waals surface area contributed by atoms with Crippen molar-refractivity contribution in [2.75, 3.05) is 27.2 Å². The Balaban J connectivity index is 1.86. The molecule has 0 saturated carbocycles. The molecular weight excluding hydrogens is 326 g/mol. The average Bonchev–Trinajstić information content (AvgIpc) is 3.17. The van der Waals surface area contributed by atoms with Crippen LogP contribution in [0, 0.1) is 0 Å². The van der Waals surface area contributed by atoms with E-state index in [4.69, 9.17) is 0 Å². The van der Waals surface area contributed by atoms with Crippen LogP contribution in [0.1, 0.15) is 24.0 Å². The van der Waals surface area contributed by atoms with E-state index in [1.807, 2.05) is 24.4 Å². The van der Waals surface area contributed by atoms with Crippen LogP contribution in [-0.4, -0.2) is 55.7 Å². The van der Waals surface area contributed by atoms with E-state index in [1.54, 1.807) is 23.3 Å². The molecule has 1 aromatic heterocycles. The summed E-state index contributed by atoms with van der Waals surface area (Å²) in [5.41, 5.74) is 2.57. The van der Waals surface area contributed by atoms with Gasteiger partial charge in [-0.3, -0.25) is 4.79 Å². The molecule has 1 fully saturated rings. The molecule has 7 heteroatoms. The number of H-pyrrole nitrogens is 1.